The highest BCUT2D eigenvalue weighted by Gasteiger charge is 2.25. The maximum Gasteiger partial charge on any atom is 0.189 e. The van der Waals surface area contributed by atoms with Crippen LogP contribution in [0.2, 0.25) is 0 Å². The molecule has 2 atom stereocenters. The van der Waals surface area contributed by atoms with Crippen LogP contribution in [0.3, 0.4) is 0 Å². The molecule has 2 aromatic rings. The van der Waals surface area contributed by atoms with Crippen LogP contribution >= 0.6 is 24.0 Å². The van der Waals surface area contributed by atoms with E-state index in [0.717, 1.165) is 37.2 Å². The van der Waals surface area contributed by atoms with Gasteiger partial charge in [-0.15, -0.1) is 24.0 Å². The van der Waals surface area contributed by atoms with E-state index in [1.807, 2.05) is 30.3 Å². The Labute approximate surface area is 182 Å². The molecule has 7 heteroatoms. The van der Waals surface area contributed by atoms with Crippen molar-refractivity contribution in [2.75, 3.05) is 31.1 Å². The fourth-order valence-corrected chi connectivity index (χ4v) is 3.85. The molecule has 28 heavy (non-hydrogen) atoms. The van der Waals surface area contributed by atoms with E-state index in [1.54, 1.807) is 6.07 Å². The molecule has 3 N–H and O–H groups in total. The first-order valence-corrected chi connectivity index (χ1v) is 9.48. The summed E-state index contributed by atoms with van der Waals surface area (Å²) in [7, 11) is 0. The van der Waals surface area contributed by atoms with Crippen molar-refractivity contribution in [1.82, 2.24) is 5.32 Å². The molecule has 2 aliphatic heterocycles. The topological polar surface area (TPSA) is 62.9 Å². The predicted molar refractivity (Wildman–Crippen MR) is 121 cm³/mol. The highest BCUT2D eigenvalue weighted by atomic mass is 127. The molecule has 1 fully saturated rings. The Bertz CT molecular complexity index is 832. The second-order valence-corrected chi connectivity index (χ2v) is 7.15. The van der Waals surface area contributed by atoms with Crippen molar-refractivity contribution in [2.24, 2.45) is 16.6 Å². The minimum absolute atomic E-state index is 0. The number of nitrogens with two attached hydrogens (primary N) is 1. The Morgan fingerprint density at radius 2 is 1.96 bits per heavy atom. The largest absolute Gasteiger partial charge is 0.493 e. The van der Waals surface area contributed by atoms with E-state index in [4.69, 9.17) is 10.5 Å². The van der Waals surface area contributed by atoms with Crippen LogP contribution in [-0.2, 0) is 0 Å². The van der Waals surface area contributed by atoms with Crippen LogP contribution in [0, 0.1) is 11.7 Å². The van der Waals surface area contributed by atoms with Crippen LogP contribution < -0.4 is 20.7 Å². The quantitative estimate of drug-likeness (QED) is 0.385. The van der Waals surface area contributed by atoms with Crippen LogP contribution in [0.1, 0.15) is 24.4 Å². The summed E-state index contributed by atoms with van der Waals surface area (Å²) in [5, 5.41) is 3.33. The van der Waals surface area contributed by atoms with E-state index < -0.39 is 0 Å². The second-order valence-electron chi connectivity index (χ2n) is 7.15. The van der Waals surface area contributed by atoms with Crippen LogP contribution in [0.5, 0.6) is 5.75 Å². The molecule has 1 saturated heterocycles. The van der Waals surface area contributed by atoms with E-state index in [0.29, 0.717) is 30.7 Å². The van der Waals surface area contributed by atoms with Crippen LogP contribution in [0.4, 0.5) is 10.1 Å². The lowest BCUT2D eigenvalue weighted by Gasteiger charge is -2.27. The van der Waals surface area contributed by atoms with Gasteiger partial charge in [-0.1, -0.05) is 30.3 Å². The molecular weight excluding hydrogens is 470 g/mol. The zero-order chi connectivity index (χ0) is 18.6. The maximum absolute atomic E-state index is 14.0. The minimum atomic E-state index is -0.166. The molecule has 2 unspecified atom stereocenters. The van der Waals surface area contributed by atoms with Gasteiger partial charge in [0, 0.05) is 31.6 Å². The van der Waals surface area contributed by atoms with E-state index in [-0.39, 0.29) is 35.8 Å². The molecule has 2 aromatic carbocycles. The number of fused-ring (bicyclic) bond motifs is 1. The van der Waals surface area contributed by atoms with Gasteiger partial charge in [-0.3, -0.25) is 4.99 Å². The summed E-state index contributed by atoms with van der Waals surface area (Å²) >= 11 is 0. The number of benzene rings is 2. The van der Waals surface area contributed by atoms with Gasteiger partial charge in [-0.25, -0.2) is 4.39 Å². The summed E-state index contributed by atoms with van der Waals surface area (Å²) in [6.07, 6.45) is 1.85. The SMILES string of the molecule is I.NC(=NCC1CCN(c2ccccc2F)C1)NC1CCOc2ccccc21. The zero-order valence-electron chi connectivity index (χ0n) is 15.7. The molecule has 0 bridgehead atoms. The van der Waals surface area contributed by atoms with E-state index in [9.17, 15) is 4.39 Å². The molecule has 0 radical (unpaired) electrons. The highest BCUT2D eigenvalue weighted by molar-refractivity contribution is 14.0. The molecule has 0 aliphatic carbocycles. The fraction of sp³-hybridized carbons (Fsp3) is 0.381. The average Bonchev–Trinajstić information content (AvgIpc) is 3.16. The van der Waals surface area contributed by atoms with Crippen molar-refractivity contribution in [2.45, 2.75) is 18.9 Å². The van der Waals surface area contributed by atoms with Crippen molar-refractivity contribution in [3.05, 3.63) is 59.9 Å². The summed E-state index contributed by atoms with van der Waals surface area (Å²) in [5.41, 5.74) is 7.93. The number of ether oxygens (including phenoxy) is 1. The molecule has 4 rings (SSSR count). The van der Waals surface area contributed by atoms with Gasteiger partial charge in [0.05, 0.1) is 18.3 Å². The monoisotopic (exact) mass is 496 g/mol. The Kier molecular flexibility index (Phi) is 6.98. The van der Waals surface area contributed by atoms with Gasteiger partial charge in [0.2, 0.25) is 0 Å². The first-order valence-electron chi connectivity index (χ1n) is 9.48. The van der Waals surface area contributed by atoms with Gasteiger partial charge in [0.1, 0.15) is 11.6 Å². The van der Waals surface area contributed by atoms with Crippen molar-refractivity contribution < 1.29 is 9.13 Å². The summed E-state index contributed by atoms with van der Waals surface area (Å²) in [6, 6.07) is 15.1. The Morgan fingerprint density at radius 1 is 1.18 bits per heavy atom. The molecule has 0 spiro atoms. The van der Waals surface area contributed by atoms with E-state index >= 15 is 0 Å². The summed E-state index contributed by atoms with van der Waals surface area (Å²) in [4.78, 5) is 6.64. The van der Waals surface area contributed by atoms with Crippen LogP contribution in [0.25, 0.3) is 0 Å². The fourth-order valence-electron chi connectivity index (χ4n) is 3.85. The summed E-state index contributed by atoms with van der Waals surface area (Å²) in [5.74, 6) is 1.58. The van der Waals surface area contributed by atoms with Gasteiger partial charge in [-0.05, 0) is 30.5 Å². The average molecular weight is 496 g/mol. The number of rotatable bonds is 4. The van der Waals surface area contributed by atoms with Crippen LogP contribution in [0.15, 0.2) is 53.5 Å². The minimum Gasteiger partial charge on any atom is -0.493 e. The molecule has 2 aliphatic rings. The van der Waals surface area contributed by atoms with Crippen LogP contribution in [-0.4, -0.2) is 32.2 Å². The molecule has 0 saturated carbocycles. The zero-order valence-corrected chi connectivity index (χ0v) is 18.0. The molecular formula is C21H26FIN4O. The van der Waals surface area contributed by atoms with Crippen molar-refractivity contribution in [3.8, 4) is 5.75 Å². The number of hydrogen-bond acceptors (Lipinski definition) is 3. The molecule has 2 heterocycles. The smallest absolute Gasteiger partial charge is 0.189 e. The number of para-hydroxylation sites is 2. The number of anilines is 1. The number of guanidine groups is 1. The Morgan fingerprint density at radius 3 is 2.82 bits per heavy atom. The van der Waals surface area contributed by atoms with E-state index in [1.165, 1.54) is 6.07 Å². The Balaban J connectivity index is 0.00000225. The van der Waals surface area contributed by atoms with Gasteiger partial charge < -0.3 is 20.7 Å². The number of nitrogens with one attached hydrogen (secondary N) is 1. The maximum atomic E-state index is 14.0. The molecule has 0 amide bonds. The standard InChI is InChI=1S/C21H25FN4O.HI/c22-17-6-2-3-7-19(17)26-11-9-15(14-26)13-24-21(23)25-18-10-12-27-20-8-4-1-5-16(18)20;/h1-8,15,18H,9-14H2,(H3,23,24,25);1H. The Hall–Kier alpha value is -2.03. The third-order valence-electron chi connectivity index (χ3n) is 5.28. The van der Waals surface area contributed by atoms with Gasteiger partial charge in [0.15, 0.2) is 5.96 Å². The van der Waals surface area contributed by atoms with Crippen molar-refractivity contribution >= 4 is 35.6 Å². The molecule has 5 nitrogen and oxygen atoms in total. The number of nitrogens with zero attached hydrogens (tertiary/aromatic N) is 2. The second kappa shape index (κ2) is 9.45. The third kappa shape index (κ3) is 4.68. The van der Waals surface area contributed by atoms with Gasteiger partial charge in [0.25, 0.3) is 0 Å². The summed E-state index contributed by atoms with van der Waals surface area (Å²) in [6.45, 7) is 2.97. The first kappa shape index (κ1) is 20.7. The van der Waals surface area contributed by atoms with Crippen molar-refractivity contribution in [1.29, 1.82) is 0 Å². The predicted octanol–water partition coefficient (Wildman–Crippen LogP) is 3.70. The lowest BCUT2D eigenvalue weighted by molar-refractivity contribution is 0.262. The number of hydrogen-bond donors (Lipinski definition) is 2. The van der Waals surface area contributed by atoms with Crippen molar-refractivity contribution in [3.63, 3.8) is 0 Å². The van der Waals surface area contributed by atoms with Gasteiger partial charge in [-0.2, -0.15) is 0 Å². The lowest BCUT2D eigenvalue weighted by Crippen LogP contribution is -2.37. The summed E-state index contributed by atoms with van der Waals surface area (Å²) < 4.78 is 19.6. The van der Waals surface area contributed by atoms with Gasteiger partial charge >= 0.3 is 0 Å². The van der Waals surface area contributed by atoms with E-state index in [2.05, 4.69) is 21.3 Å². The number of aliphatic imine (C=N–C) groups is 1. The first-order chi connectivity index (χ1) is 13.2. The number of halogens is 2. The molecule has 0 aromatic heterocycles. The lowest BCUT2D eigenvalue weighted by atomic mass is 10.0. The molecule has 150 valence electrons. The normalized spacial score (nSPS) is 21.5. The third-order valence-corrected chi connectivity index (χ3v) is 5.28. The highest BCUT2D eigenvalue weighted by Crippen LogP contribution is 2.31.